The van der Waals surface area contributed by atoms with Gasteiger partial charge in [0.2, 0.25) is 0 Å². The van der Waals surface area contributed by atoms with E-state index in [0.717, 1.165) is 31.8 Å². The van der Waals surface area contributed by atoms with Crippen LogP contribution in [0.2, 0.25) is 0 Å². The second kappa shape index (κ2) is 7.46. The van der Waals surface area contributed by atoms with Crippen molar-refractivity contribution < 1.29 is 4.74 Å². The Hall–Kier alpha value is -1.32. The molecule has 2 rings (SSSR count). The Balaban J connectivity index is 1.89. The summed E-state index contributed by atoms with van der Waals surface area (Å²) < 4.78 is 5.35. The van der Waals surface area contributed by atoms with Gasteiger partial charge in [-0.1, -0.05) is 18.2 Å². The summed E-state index contributed by atoms with van der Waals surface area (Å²) in [5.41, 5.74) is 3.84. The molecule has 1 aromatic rings. The molecule has 3 heteroatoms. The van der Waals surface area contributed by atoms with Crippen molar-refractivity contribution in [1.29, 1.82) is 0 Å². The SMILES string of the molecule is COc1ccc(/C=C/CCN2CCNCC2)c(C)c1C. The fourth-order valence-corrected chi connectivity index (χ4v) is 2.62. The largest absolute Gasteiger partial charge is 0.496 e. The van der Waals surface area contributed by atoms with Gasteiger partial charge in [-0.3, -0.25) is 0 Å². The molecule has 3 nitrogen and oxygen atoms in total. The van der Waals surface area contributed by atoms with Crippen LogP contribution in [-0.4, -0.2) is 44.7 Å². The van der Waals surface area contributed by atoms with Crippen molar-refractivity contribution >= 4 is 6.08 Å². The Morgan fingerprint density at radius 3 is 2.65 bits per heavy atom. The van der Waals surface area contributed by atoms with E-state index in [1.165, 1.54) is 29.8 Å². The molecule has 1 heterocycles. The van der Waals surface area contributed by atoms with Crippen LogP contribution in [0.25, 0.3) is 6.08 Å². The van der Waals surface area contributed by atoms with Gasteiger partial charge in [-0.15, -0.1) is 0 Å². The molecule has 1 saturated heterocycles. The summed E-state index contributed by atoms with van der Waals surface area (Å²) in [5, 5.41) is 3.38. The molecule has 1 aliphatic heterocycles. The zero-order valence-electron chi connectivity index (χ0n) is 12.9. The van der Waals surface area contributed by atoms with Crippen LogP contribution in [0.3, 0.4) is 0 Å². The lowest BCUT2D eigenvalue weighted by molar-refractivity contribution is 0.245. The Morgan fingerprint density at radius 2 is 1.95 bits per heavy atom. The molecule has 0 radical (unpaired) electrons. The monoisotopic (exact) mass is 274 g/mol. The van der Waals surface area contributed by atoms with Gasteiger partial charge in [-0.05, 0) is 43.0 Å². The number of methoxy groups -OCH3 is 1. The maximum atomic E-state index is 5.35. The maximum Gasteiger partial charge on any atom is 0.122 e. The summed E-state index contributed by atoms with van der Waals surface area (Å²) in [6.45, 7) is 10.0. The third-order valence-electron chi connectivity index (χ3n) is 4.12. The van der Waals surface area contributed by atoms with Gasteiger partial charge >= 0.3 is 0 Å². The lowest BCUT2D eigenvalue weighted by Crippen LogP contribution is -2.43. The van der Waals surface area contributed by atoms with E-state index in [1.807, 2.05) is 0 Å². The van der Waals surface area contributed by atoms with Crippen LogP contribution in [0.4, 0.5) is 0 Å². The standard InChI is InChI=1S/C17H26N2O/c1-14-15(2)17(20-3)8-7-16(14)6-4-5-11-19-12-9-18-10-13-19/h4,6-8,18H,5,9-13H2,1-3H3/b6-4+. The highest BCUT2D eigenvalue weighted by Gasteiger charge is 2.07. The lowest BCUT2D eigenvalue weighted by Gasteiger charge is -2.26. The number of ether oxygens (including phenoxy) is 1. The number of nitrogens with zero attached hydrogens (tertiary/aromatic N) is 1. The summed E-state index contributed by atoms with van der Waals surface area (Å²) >= 11 is 0. The van der Waals surface area contributed by atoms with E-state index in [2.05, 4.69) is 48.3 Å². The van der Waals surface area contributed by atoms with E-state index in [4.69, 9.17) is 4.74 Å². The van der Waals surface area contributed by atoms with Gasteiger partial charge in [0, 0.05) is 32.7 Å². The average molecular weight is 274 g/mol. The average Bonchev–Trinajstić information content (AvgIpc) is 2.49. The molecular formula is C17H26N2O. The van der Waals surface area contributed by atoms with Gasteiger partial charge in [-0.25, -0.2) is 0 Å². The molecule has 1 N–H and O–H groups in total. The molecule has 1 aliphatic rings. The third-order valence-corrected chi connectivity index (χ3v) is 4.12. The highest BCUT2D eigenvalue weighted by molar-refractivity contribution is 5.58. The van der Waals surface area contributed by atoms with E-state index in [1.54, 1.807) is 7.11 Å². The molecule has 0 saturated carbocycles. The first kappa shape index (κ1) is 15.1. The van der Waals surface area contributed by atoms with E-state index >= 15 is 0 Å². The zero-order valence-corrected chi connectivity index (χ0v) is 12.9. The van der Waals surface area contributed by atoms with Crippen LogP contribution in [0, 0.1) is 13.8 Å². The summed E-state index contributed by atoms with van der Waals surface area (Å²) in [6, 6.07) is 4.20. The number of piperazine rings is 1. The van der Waals surface area contributed by atoms with Gasteiger partial charge in [0.05, 0.1) is 7.11 Å². The van der Waals surface area contributed by atoms with Crippen molar-refractivity contribution in [3.05, 3.63) is 34.9 Å². The van der Waals surface area contributed by atoms with Crippen LogP contribution in [0.15, 0.2) is 18.2 Å². The fourth-order valence-electron chi connectivity index (χ4n) is 2.62. The van der Waals surface area contributed by atoms with Crippen LogP contribution in [0.5, 0.6) is 5.75 Å². The second-order valence-corrected chi connectivity index (χ2v) is 5.39. The number of rotatable bonds is 5. The summed E-state index contributed by atoms with van der Waals surface area (Å²) in [4.78, 5) is 2.52. The number of nitrogens with one attached hydrogen (secondary N) is 1. The van der Waals surface area contributed by atoms with Crippen molar-refractivity contribution in [2.45, 2.75) is 20.3 Å². The van der Waals surface area contributed by atoms with Crippen LogP contribution >= 0.6 is 0 Å². The van der Waals surface area contributed by atoms with Crippen LogP contribution in [-0.2, 0) is 0 Å². The molecule has 0 bridgehead atoms. The molecule has 20 heavy (non-hydrogen) atoms. The number of hydrogen-bond donors (Lipinski definition) is 1. The van der Waals surface area contributed by atoms with Gasteiger partial charge in [0.1, 0.15) is 5.75 Å². The minimum atomic E-state index is 0.973. The van der Waals surface area contributed by atoms with Crippen molar-refractivity contribution in [1.82, 2.24) is 10.2 Å². The van der Waals surface area contributed by atoms with E-state index in [0.29, 0.717) is 0 Å². The summed E-state index contributed by atoms with van der Waals surface area (Å²) in [6.07, 6.45) is 5.64. The van der Waals surface area contributed by atoms with E-state index in [-0.39, 0.29) is 0 Å². The first-order valence-electron chi connectivity index (χ1n) is 7.46. The van der Waals surface area contributed by atoms with E-state index < -0.39 is 0 Å². The molecule has 0 atom stereocenters. The molecule has 110 valence electrons. The molecule has 0 amide bonds. The minimum Gasteiger partial charge on any atom is -0.496 e. The Kier molecular flexibility index (Phi) is 5.62. The lowest BCUT2D eigenvalue weighted by atomic mass is 10.0. The quantitative estimate of drug-likeness (QED) is 0.893. The number of hydrogen-bond acceptors (Lipinski definition) is 3. The van der Waals surface area contributed by atoms with Gasteiger partial charge in [0.15, 0.2) is 0 Å². The van der Waals surface area contributed by atoms with Gasteiger partial charge < -0.3 is 15.0 Å². The second-order valence-electron chi connectivity index (χ2n) is 5.39. The minimum absolute atomic E-state index is 0.973. The molecule has 0 aliphatic carbocycles. The Bertz CT molecular complexity index is 462. The molecule has 0 aromatic heterocycles. The molecule has 1 fully saturated rings. The summed E-state index contributed by atoms with van der Waals surface area (Å²) in [7, 11) is 1.73. The maximum absolute atomic E-state index is 5.35. The molecular weight excluding hydrogens is 248 g/mol. The molecule has 0 unspecified atom stereocenters. The van der Waals surface area contributed by atoms with Crippen molar-refractivity contribution in [2.75, 3.05) is 39.8 Å². The normalized spacial score (nSPS) is 16.8. The van der Waals surface area contributed by atoms with Gasteiger partial charge in [0.25, 0.3) is 0 Å². The van der Waals surface area contributed by atoms with E-state index in [9.17, 15) is 0 Å². The fraction of sp³-hybridized carbons (Fsp3) is 0.529. The van der Waals surface area contributed by atoms with Crippen LogP contribution in [0.1, 0.15) is 23.1 Å². The topological polar surface area (TPSA) is 24.5 Å². The highest BCUT2D eigenvalue weighted by atomic mass is 16.5. The zero-order chi connectivity index (χ0) is 14.4. The summed E-state index contributed by atoms with van der Waals surface area (Å²) in [5.74, 6) is 0.973. The predicted molar refractivity (Wildman–Crippen MR) is 85.4 cm³/mol. The third kappa shape index (κ3) is 3.84. The van der Waals surface area contributed by atoms with Gasteiger partial charge in [-0.2, -0.15) is 0 Å². The van der Waals surface area contributed by atoms with Crippen LogP contribution < -0.4 is 10.1 Å². The smallest absolute Gasteiger partial charge is 0.122 e. The highest BCUT2D eigenvalue weighted by Crippen LogP contribution is 2.24. The first-order chi connectivity index (χ1) is 9.72. The van der Waals surface area contributed by atoms with Crippen molar-refractivity contribution in [2.24, 2.45) is 0 Å². The molecule has 1 aromatic carbocycles. The van der Waals surface area contributed by atoms with Crippen molar-refractivity contribution in [3.8, 4) is 5.75 Å². The Labute approximate surface area is 122 Å². The first-order valence-corrected chi connectivity index (χ1v) is 7.46. The number of benzene rings is 1. The Morgan fingerprint density at radius 1 is 1.20 bits per heavy atom. The van der Waals surface area contributed by atoms with Crippen molar-refractivity contribution in [3.63, 3.8) is 0 Å². The predicted octanol–water partition coefficient (Wildman–Crippen LogP) is 2.62. The molecule has 0 spiro atoms.